The Bertz CT molecular complexity index is 946. The number of benzene rings is 2. The van der Waals surface area contributed by atoms with E-state index in [9.17, 15) is 9.59 Å². The summed E-state index contributed by atoms with van der Waals surface area (Å²) >= 11 is 0. The van der Waals surface area contributed by atoms with Gasteiger partial charge in [-0.15, -0.1) is 0 Å². The lowest BCUT2D eigenvalue weighted by Gasteiger charge is -2.10. The van der Waals surface area contributed by atoms with E-state index in [4.69, 9.17) is 15.1 Å². The van der Waals surface area contributed by atoms with Gasteiger partial charge in [-0.1, -0.05) is 0 Å². The van der Waals surface area contributed by atoms with Crippen LogP contribution in [0.1, 0.15) is 20.7 Å². The van der Waals surface area contributed by atoms with Crippen LogP contribution in [0.5, 0.6) is 5.75 Å². The van der Waals surface area contributed by atoms with E-state index < -0.39 is 11.9 Å². The molecule has 0 unspecified atom stereocenters. The Balaban J connectivity index is 2.14. The third-order valence-corrected chi connectivity index (χ3v) is 3.84. The van der Waals surface area contributed by atoms with Gasteiger partial charge in [0.05, 0.1) is 35.8 Å². The van der Waals surface area contributed by atoms with Crippen molar-refractivity contribution < 1.29 is 24.6 Å². The second kappa shape index (κ2) is 7.08. The summed E-state index contributed by atoms with van der Waals surface area (Å²) in [7, 11) is 1.55. The summed E-state index contributed by atoms with van der Waals surface area (Å²) in [5.74, 6) is -1.09. The predicted octanol–water partition coefficient (Wildman–Crippen LogP) is 2.37. The lowest BCUT2D eigenvalue weighted by atomic mass is 10.1. The highest BCUT2D eigenvalue weighted by molar-refractivity contribution is 5.99. The van der Waals surface area contributed by atoms with Crippen molar-refractivity contribution in [2.45, 2.75) is 0 Å². The topological polar surface area (TPSA) is 114 Å². The zero-order chi connectivity index (χ0) is 18.7. The number of aromatic nitrogens is 2. The molecule has 1 aromatic heterocycles. The Morgan fingerprint density at radius 1 is 1.08 bits per heavy atom. The molecule has 0 atom stereocenters. The maximum Gasteiger partial charge on any atom is 0.335 e. The van der Waals surface area contributed by atoms with Crippen LogP contribution in [-0.2, 0) is 0 Å². The fourth-order valence-electron chi connectivity index (χ4n) is 2.54. The second-order valence-corrected chi connectivity index (χ2v) is 5.34. The summed E-state index contributed by atoms with van der Waals surface area (Å²) < 4.78 is 6.64. The third kappa shape index (κ3) is 3.13. The highest BCUT2D eigenvalue weighted by atomic mass is 16.5. The number of aromatic carboxylic acids is 1. The van der Waals surface area contributed by atoms with Gasteiger partial charge in [-0.25, -0.2) is 15.0 Å². The number of ether oxygens (including phenoxy) is 1. The standard InChI is InChI=1S/C18H15N3O5/c1-26-14-8-4-11(5-9-14)16-15(17(22)20-25)10-19-21(16)13-6-2-12(3-7-13)18(23)24/h2-10,25H,1H3,(H,20,22)(H,23,24). The van der Waals surface area contributed by atoms with Crippen LogP contribution in [0.25, 0.3) is 16.9 Å². The molecule has 0 fully saturated rings. The minimum atomic E-state index is -1.03. The van der Waals surface area contributed by atoms with Crippen LogP contribution in [0.2, 0.25) is 0 Å². The molecule has 8 nitrogen and oxygen atoms in total. The molecule has 0 aliphatic carbocycles. The van der Waals surface area contributed by atoms with Gasteiger partial charge in [-0.2, -0.15) is 5.10 Å². The number of nitrogens with zero attached hydrogens (tertiary/aromatic N) is 2. The number of hydrogen-bond donors (Lipinski definition) is 3. The van der Waals surface area contributed by atoms with E-state index in [-0.39, 0.29) is 11.1 Å². The minimum Gasteiger partial charge on any atom is -0.497 e. The zero-order valence-electron chi connectivity index (χ0n) is 13.7. The number of carboxylic acids is 1. The first-order valence-corrected chi connectivity index (χ1v) is 7.55. The Morgan fingerprint density at radius 3 is 2.27 bits per heavy atom. The predicted molar refractivity (Wildman–Crippen MR) is 91.8 cm³/mol. The number of rotatable bonds is 5. The lowest BCUT2D eigenvalue weighted by Crippen LogP contribution is -2.19. The highest BCUT2D eigenvalue weighted by Gasteiger charge is 2.20. The molecule has 132 valence electrons. The summed E-state index contributed by atoms with van der Waals surface area (Å²) in [6.45, 7) is 0. The summed E-state index contributed by atoms with van der Waals surface area (Å²) in [6, 6.07) is 13.1. The molecule has 0 aliphatic rings. The number of hydrogen-bond acceptors (Lipinski definition) is 5. The molecule has 1 amide bonds. The fraction of sp³-hybridized carbons (Fsp3) is 0.0556. The van der Waals surface area contributed by atoms with E-state index in [1.807, 2.05) is 0 Å². The number of carbonyl (C=O) groups excluding carboxylic acids is 1. The Kier molecular flexibility index (Phi) is 4.68. The molecule has 0 radical (unpaired) electrons. The van der Waals surface area contributed by atoms with Gasteiger partial charge in [-0.05, 0) is 48.5 Å². The van der Waals surface area contributed by atoms with Crippen molar-refractivity contribution >= 4 is 11.9 Å². The van der Waals surface area contributed by atoms with Gasteiger partial charge in [0.2, 0.25) is 0 Å². The number of nitrogens with one attached hydrogen (secondary N) is 1. The summed E-state index contributed by atoms with van der Waals surface area (Å²) in [4.78, 5) is 23.0. The molecule has 3 N–H and O–H groups in total. The van der Waals surface area contributed by atoms with Crippen LogP contribution in [0.4, 0.5) is 0 Å². The Labute approximate surface area is 148 Å². The molecule has 0 spiro atoms. The van der Waals surface area contributed by atoms with E-state index in [1.165, 1.54) is 23.0 Å². The van der Waals surface area contributed by atoms with Crippen molar-refractivity contribution in [3.63, 3.8) is 0 Å². The summed E-state index contributed by atoms with van der Waals surface area (Å²) in [5, 5.41) is 22.2. The molecule has 26 heavy (non-hydrogen) atoms. The molecule has 2 aromatic carbocycles. The molecule has 1 heterocycles. The van der Waals surface area contributed by atoms with Crippen molar-refractivity contribution in [3.8, 4) is 22.7 Å². The maximum absolute atomic E-state index is 12.0. The molecule has 0 saturated carbocycles. The van der Waals surface area contributed by atoms with Crippen LogP contribution in [0.3, 0.4) is 0 Å². The summed E-state index contributed by atoms with van der Waals surface area (Å²) in [5.41, 5.74) is 3.60. The first-order valence-electron chi connectivity index (χ1n) is 7.55. The van der Waals surface area contributed by atoms with Gasteiger partial charge >= 0.3 is 5.97 Å². The molecule has 0 saturated heterocycles. The van der Waals surface area contributed by atoms with E-state index in [0.717, 1.165) is 0 Å². The SMILES string of the molecule is COc1ccc(-c2c(C(=O)NO)cnn2-c2ccc(C(=O)O)cc2)cc1. The Morgan fingerprint density at radius 2 is 1.73 bits per heavy atom. The average Bonchev–Trinajstić information content (AvgIpc) is 3.12. The van der Waals surface area contributed by atoms with Crippen LogP contribution in [0.15, 0.2) is 54.7 Å². The molecule has 3 rings (SSSR count). The molecular formula is C18H15N3O5. The number of carbonyl (C=O) groups is 2. The van der Waals surface area contributed by atoms with Crippen molar-refractivity contribution in [1.29, 1.82) is 0 Å². The zero-order valence-corrected chi connectivity index (χ0v) is 13.7. The van der Waals surface area contributed by atoms with Crippen molar-refractivity contribution in [1.82, 2.24) is 15.3 Å². The lowest BCUT2D eigenvalue weighted by molar-refractivity contribution is 0.0693. The van der Waals surface area contributed by atoms with Crippen molar-refractivity contribution in [2.24, 2.45) is 0 Å². The molecular weight excluding hydrogens is 338 g/mol. The van der Waals surface area contributed by atoms with E-state index in [1.54, 1.807) is 49.0 Å². The van der Waals surface area contributed by atoms with Crippen molar-refractivity contribution in [2.75, 3.05) is 7.11 Å². The van der Waals surface area contributed by atoms with E-state index in [2.05, 4.69) is 5.10 Å². The molecule has 3 aromatic rings. The van der Waals surface area contributed by atoms with Crippen LogP contribution < -0.4 is 10.2 Å². The highest BCUT2D eigenvalue weighted by Crippen LogP contribution is 2.28. The fourth-order valence-corrected chi connectivity index (χ4v) is 2.54. The smallest absolute Gasteiger partial charge is 0.335 e. The minimum absolute atomic E-state index is 0.139. The number of amides is 1. The summed E-state index contributed by atoms with van der Waals surface area (Å²) in [6.07, 6.45) is 1.33. The normalized spacial score (nSPS) is 10.4. The third-order valence-electron chi connectivity index (χ3n) is 3.84. The molecule has 0 bridgehead atoms. The van der Waals surface area contributed by atoms with Gasteiger partial charge in [0.15, 0.2) is 0 Å². The maximum atomic E-state index is 12.0. The monoisotopic (exact) mass is 353 g/mol. The van der Waals surface area contributed by atoms with Crippen LogP contribution in [0, 0.1) is 0 Å². The van der Waals surface area contributed by atoms with Gasteiger partial charge in [0.1, 0.15) is 5.75 Å². The largest absolute Gasteiger partial charge is 0.497 e. The molecule has 8 heteroatoms. The van der Waals surface area contributed by atoms with E-state index in [0.29, 0.717) is 22.7 Å². The van der Waals surface area contributed by atoms with Gasteiger partial charge in [-0.3, -0.25) is 10.0 Å². The molecule has 0 aliphatic heterocycles. The van der Waals surface area contributed by atoms with Gasteiger partial charge < -0.3 is 9.84 Å². The first kappa shape index (κ1) is 17.2. The van der Waals surface area contributed by atoms with Gasteiger partial charge in [0, 0.05) is 5.56 Å². The van der Waals surface area contributed by atoms with Crippen LogP contribution in [-0.4, -0.2) is 39.1 Å². The quantitative estimate of drug-likeness (QED) is 0.479. The number of carboxylic acid groups (broad SMARTS) is 1. The first-order chi connectivity index (χ1) is 12.5. The second-order valence-electron chi connectivity index (χ2n) is 5.34. The average molecular weight is 353 g/mol. The number of hydroxylamine groups is 1. The van der Waals surface area contributed by atoms with Gasteiger partial charge in [0.25, 0.3) is 5.91 Å². The van der Waals surface area contributed by atoms with Crippen molar-refractivity contribution in [3.05, 3.63) is 65.9 Å². The Hall–Kier alpha value is -3.65. The number of methoxy groups -OCH3 is 1. The van der Waals surface area contributed by atoms with Crippen LogP contribution >= 0.6 is 0 Å². The van der Waals surface area contributed by atoms with E-state index >= 15 is 0 Å².